The summed E-state index contributed by atoms with van der Waals surface area (Å²) in [6.07, 6.45) is 1.23. The maximum Gasteiger partial charge on any atom is 0.318 e. The highest BCUT2D eigenvalue weighted by Crippen LogP contribution is 2.36. The van der Waals surface area contributed by atoms with Crippen molar-refractivity contribution in [3.05, 3.63) is 40.6 Å². The lowest BCUT2D eigenvalue weighted by Gasteiger charge is -2.32. The number of carbonyl (C=O) groups excluding carboxylic acids is 2. The number of nitrogens with one attached hydrogen (secondary N) is 2. The zero-order valence-electron chi connectivity index (χ0n) is 16.9. The van der Waals surface area contributed by atoms with Gasteiger partial charge in [-0.2, -0.15) is 0 Å². The van der Waals surface area contributed by atoms with E-state index in [1.54, 1.807) is 17.9 Å². The SMILES string of the molecule is Cc1cc(NC(=O)C2CCN(C(=O)NC3COc4c3ccc(C)c4C)CC2)no1. The fourth-order valence-corrected chi connectivity index (χ4v) is 3.89. The highest BCUT2D eigenvalue weighted by Gasteiger charge is 2.32. The average Bonchev–Trinajstić information content (AvgIpc) is 3.31. The van der Waals surface area contributed by atoms with Crippen LogP contribution in [0.2, 0.25) is 0 Å². The molecule has 29 heavy (non-hydrogen) atoms. The maximum absolute atomic E-state index is 12.7. The van der Waals surface area contributed by atoms with Crippen LogP contribution in [0.4, 0.5) is 10.6 Å². The molecular weight excluding hydrogens is 372 g/mol. The first-order chi connectivity index (χ1) is 13.9. The predicted molar refractivity (Wildman–Crippen MR) is 107 cm³/mol. The van der Waals surface area contributed by atoms with E-state index in [1.165, 1.54) is 5.56 Å². The molecule has 1 fully saturated rings. The number of anilines is 1. The lowest BCUT2D eigenvalue weighted by molar-refractivity contribution is -0.121. The van der Waals surface area contributed by atoms with Gasteiger partial charge < -0.3 is 24.8 Å². The summed E-state index contributed by atoms with van der Waals surface area (Å²) < 4.78 is 10.8. The quantitative estimate of drug-likeness (QED) is 0.828. The zero-order chi connectivity index (χ0) is 20.5. The van der Waals surface area contributed by atoms with E-state index in [2.05, 4.69) is 28.8 Å². The van der Waals surface area contributed by atoms with Gasteiger partial charge in [0, 0.05) is 30.6 Å². The molecular formula is C21H26N4O4. The number of hydrogen-bond acceptors (Lipinski definition) is 5. The molecule has 0 saturated carbocycles. The van der Waals surface area contributed by atoms with Gasteiger partial charge in [-0.25, -0.2) is 4.79 Å². The molecule has 2 aliphatic rings. The lowest BCUT2D eigenvalue weighted by atomic mass is 9.96. The minimum atomic E-state index is -0.145. The first-order valence-corrected chi connectivity index (χ1v) is 9.95. The largest absolute Gasteiger partial charge is 0.490 e. The number of amides is 3. The number of hydrogen-bond donors (Lipinski definition) is 2. The Morgan fingerprint density at radius 3 is 2.62 bits per heavy atom. The summed E-state index contributed by atoms with van der Waals surface area (Å²) in [5.41, 5.74) is 3.32. The summed E-state index contributed by atoms with van der Waals surface area (Å²) in [5.74, 6) is 1.74. The molecule has 2 N–H and O–H groups in total. The minimum absolute atomic E-state index is 0.0812. The van der Waals surface area contributed by atoms with Gasteiger partial charge in [-0.1, -0.05) is 17.3 Å². The van der Waals surface area contributed by atoms with Crippen LogP contribution in [0, 0.1) is 26.7 Å². The van der Waals surface area contributed by atoms with Crippen molar-refractivity contribution in [1.29, 1.82) is 0 Å². The van der Waals surface area contributed by atoms with Crippen molar-refractivity contribution < 1.29 is 18.8 Å². The number of ether oxygens (including phenoxy) is 1. The summed E-state index contributed by atoms with van der Waals surface area (Å²) in [4.78, 5) is 26.9. The maximum atomic E-state index is 12.7. The third-order valence-electron chi connectivity index (χ3n) is 5.81. The van der Waals surface area contributed by atoms with Gasteiger partial charge in [0.2, 0.25) is 5.91 Å². The lowest BCUT2D eigenvalue weighted by Crippen LogP contribution is -2.47. The molecule has 3 heterocycles. The van der Waals surface area contributed by atoms with Crippen LogP contribution in [-0.4, -0.2) is 41.7 Å². The van der Waals surface area contributed by atoms with Crippen molar-refractivity contribution in [2.75, 3.05) is 25.0 Å². The van der Waals surface area contributed by atoms with Gasteiger partial charge in [0.25, 0.3) is 0 Å². The Bertz CT molecular complexity index is 931. The van der Waals surface area contributed by atoms with Crippen LogP contribution in [0.3, 0.4) is 0 Å². The van der Waals surface area contributed by atoms with E-state index in [0.29, 0.717) is 44.1 Å². The van der Waals surface area contributed by atoms with E-state index in [9.17, 15) is 9.59 Å². The Labute approximate surface area is 169 Å². The van der Waals surface area contributed by atoms with Gasteiger partial charge in [0.05, 0.1) is 6.04 Å². The summed E-state index contributed by atoms with van der Waals surface area (Å²) in [6, 6.07) is 5.51. The predicted octanol–water partition coefficient (Wildman–Crippen LogP) is 3.09. The molecule has 0 spiro atoms. The van der Waals surface area contributed by atoms with Gasteiger partial charge in [0.15, 0.2) is 5.82 Å². The molecule has 0 bridgehead atoms. The van der Waals surface area contributed by atoms with Crippen LogP contribution in [0.1, 0.15) is 41.3 Å². The van der Waals surface area contributed by atoms with Gasteiger partial charge in [-0.05, 0) is 44.7 Å². The Morgan fingerprint density at radius 1 is 1.17 bits per heavy atom. The van der Waals surface area contributed by atoms with E-state index in [-0.39, 0.29) is 23.9 Å². The Balaban J connectivity index is 1.30. The Hall–Kier alpha value is -3.03. The number of piperidine rings is 1. The average molecular weight is 398 g/mol. The molecule has 0 aliphatic carbocycles. The number of carbonyl (C=O) groups is 2. The number of likely N-dealkylation sites (tertiary alicyclic amines) is 1. The molecule has 1 saturated heterocycles. The molecule has 2 aromatic rings. The molecule has 8 nitrogen and oxygen atoms in total. The number of aromatic nitrogens is 1. The highest BCUT2D eigenvalue weighted by atomic mass is 16.5. The summed E-state index contributed by atoms with van der Waals surface area (Å²) in [6.45, 7) is 7.38. The van der Waals surface area contributed by atoms with Crippen molar-refractivity contribution in [3.63, 3.8) is 0 Å². The Kier molecular flexibility index (Phi) is 5.17. The van der Waals surface area contributed by atoms with E-state index < -0.39 is 0 Å². The first kappa shape index (κ1) is 19.3. The van der Waals surface area contributed by atoms with Crippen LogP contribution in [-0.2, 0) is 4.79 Å². The van der Waals surface area contributed by atoms with Gasteiger partial charge in [0.1, 0.15) is 18.1 Å². The van der Waals surface area contributed by atoms with E-state index in [4.69, 9.17) is 9.26 Å². The minimum Gasteiger partial charge on any atom is -0.490 e. The molecule has 8 heteroatoms. The van der Waals surface area contributed by atoms with Gasteiger partial charge >= 0.3 is 6.03 Å². The summed E-state index contributed by atoms with van der Waals surface area (Å²) >= 11 is 0. The van der Waals surface area contributed by atoms with Crippen LogP contribution >= 0.6 is 0 Å². The molecule has 3 amide bonds. The second kappa shape index (κ2) is 7.77. The third-order valence-corrected chi connectivity index (χ3v) is 5.81. The van der Waals surface area contributed by atoms with Crippen LogP contribution < -0.4 is 15.4 Å². The highest BCUT2D eigenvalue weighted by molar-refractivity contribution is 5.91. The topological polar surface area (TPSA) is 96.7 Å². The zero-order valence-corrected chi connectivity index (χ0v) is 16.9. The number of aryl methyl sites for hydroxylation is 2. The molecule has 2 aliphatic heterocycles. The van der Waals surface area contributed by atoms with E-state index >= 15 is 0 Å². The molecule has 0 radical (unpaired) electrons. The van der Waals surface area contributed by atoms with Crippen molar-refractivity contribution in [3.8, 4) is 5.75 Å². The standard InChI is InChI=1S/C21H26N4O4/c1-12-4-5-16-17(11-28-19(16)14(12)3)22-21(27)25-8-6-15(7-9-25)20(26)23-18-10-13(2)29-24-18/h4-5,10,15,17H,6-9,11H2,1-3H3,(H,22,27)(H,23,24,26). The van der Waals surface area contributed by atoms with Crippen molar-refractivity contribution >= 4 is 17.8 Å². The normalized spacial score (nSPS) is 18.9. The van der Waals surface area contributed by atoms with Crippen molar-refractivity contribution in [2.24, 2.45) is 5.92 Å². The second-order valence-electron chi connectivity index (χ2n) is 7.81. The molecule has 1 atom stereocenters. The van der Waals surface area contributed by atoms with Gasteiger partial charge in [-0.3, -0.25) is 4.79 Å². The van der Waals surface area contributed by atoms with Crippen LogP contribution in [0.15, 0.2) is 22.7 Å². The number of rotatable bonds is 3. The monoisotopic (exact) mass is 398 g/mol. The van der Waals surface area contributed by atoms with Crippen LogP contribution in [0.25, 0.3) is 0 Å². The number of urea groups is 1. The van der Waals surface area contributed by atoms with Crippen molar-refractivity contribution in [1.82, 2.24) is 15.4 Å². The van der Waals surface area contributed by atoms with E-state index in [1.807, 2.05) is 13.0 Å². The molecule has 154 valence electrons. The third kappa shape index (κ3) is 3.92. The Morgan fingerprint density at radius 2 is 1.93 bits per heavy atom. The first-order valence-electron chi connectivity index (χ1n) is 9.95. The molecule has 4 rings (SSSR count). The number of nitrogens with zero attached hydrogens (tertiary/aromatic N) is 2. The molecule has 1 unspecified atom stereocenters. The summed E-state index contributed by atoms with van der Waals surface area (Å²) in [5, 5.41) is 9.64. The van der Waals surface area contributed by atoms with Crippen molar-refractivity contribution in [2.45, 2.75) is 39.7 Å². The second-order valence-corrected chi connectivity index (χ2v) is 7.81. The number of fused-ring (bicyclic) bond motifs is 1. The summed E-state index contributed by atoms with van der Waals surface area (Å²) in [7, 11) is 0. The van der Waals surface area contributed by atoms with Crippen LogP contribution in [0.5, 0.6) is 5.75 Å². The van der Waals surface area contributed by atoms with E-state index in [0.717, 1.165) is 16.9 Å². The fourth-order valence-electron chi connectivity index (χ4n) is 3.89. The molecule has 1 aromatic heterocycles. The molecule has 1 aromatic carbocycles. The number of benzene rings is 1. The smallest absolute Gasteiger partial charge is 0.318 e. The van der Waals surface area contributed by atoms with Gasteiger partial charge in [-0.15, -0.1) is 0 Å². The fraction of sp³-hybridized carbons (Fsp3) is 0.476.